The van der Waals surface area contributed by atoms with Crippen molar-refractivity contribution in [3.8, 4) is 0 Å². The average molecular weight is 206 g/mol. The third-order valence-electron chi connectivity index (χ3n) is 2.48. The lowest BCUT2D eigenvalue weighted by molar-refractivity contribution is 0.1000. The average Bonchev–Trinajstić information content (AvgIpc) is 2.17. The SMILES string of the molecule is CCCCCc1cccc(N)c1C(N)=O. The van der Waals surface area contributed by atoms with Crippen LogP contribution in [-0.4, -0.2) is 5.91 Å². The van der Waals surface area contributed by atoms with Crippen LogP contribution in [0.1, 0.15) is 42.1 Å². The molecule has 3 heteroatoms. The first-order valence-electron chi connectivity index (χ1n) is 5.34. The Kier molecular flexibility index (Phi) is 4.16. The van der Waals surface area contributed by atoms with Gasteiger partial charge in [0.1, 0.15) is 0 Å². The molecular formula is C12H18N2O. The minimum Gasteiger partial charge on any atom is -0.398 e. The highest BCUT2D eigenvalue weighted by molar-refractivity contribution is 5.99. The number of carbonyl (C=O) groups excluding carboxylic acids is 1. The number of nitrogens with two attached hydrogens (primary N) is 2. The third kappa shape index (κ3) is 2.98. The van der Waals surface area contributed by atoms with Crippen LogP contribution in [0.3, 0.4) is 0 Å². The zero-order chi connectivity index (χ0) is 11.3. The molecule has 0 aliphatic heterocycles. The molecule has 0 saturated carbocycles. The molecule has 0 aliphatic rings. The molecule has 0 aromatic heterocycles. The van der Waals surface area contributed by atoms with Gasteiger partial charge in [-0.2, -0.15) is 0 Å². The van der Waals surface area contributed by atoms with Crippen molar-refractivity contribution in [2.75, 3.05) is 5.73 Å². The summed E-state index contributed by atoms with van der Waals surface area (Å²) < 4.78 is 0. The van der Waals surface area contributed by atoms with Crippen molar-refractivity contribution >= 4 is 11.6 Å². The number of hydrogen-bond acceptors (Lipinski definition) is 2. The van der Waals surface area contributed by atoms with E-state index in [1.807, 2.05) is 12.1 Å². The lowest BCUT2D eigenvalue weighted by Crippen LogP contribution is -2.16. The van der Waals surface area contributed by atoms with Crippen LogP contribution in [0.2, 0.25) is 0 Å². The molecule has 1 aromatic carbocycles. The standard InChI is InChI=1S/C12H18N2O/c1-2-3-4-6-9-7-5-8-10(13)11(9)12(14)15/h5,7-8H,2-4,6,13H2,1H3,(H2,14,15). The van der Waals surface area contributed by atoms with E-state index >= 15 is 0 Å². The van der Waals surface area contributed by atoms with Crippen molar-refractivity contribution in [1.29, 1.82) is 0 Å². The summed E-state index contributed by atoms with van der Waals surface area (Å²) in [6.07, 6.45) is 4.26. The van der Waals surface area contributed by atoms with Crippen LogP contribution in [0, 0.1) is 0 Å². The van der Waals surface area contributed by atoms with Gasteiger partial charge in [-0.3, -0.25) is 4.79 Å². The summed E-state index contributed by atoms with van der Waals surface area (Å²) in [5, 5.41) is 0. The van der Waals surface area contributed by atoms with Crippen molar-refractivity contribution < 1.29 is 4.79 Å². The first kappa shape index (κ1) is 11.6. The van der Waals surface area contributed by atoms with Crippen LogP contribution in [0.15, 0.2) is 18.2 Å². The smallest absolute Gasteiger partial charge is 0.251 e. The Morgan fingerprint density at radius 1 is 1.33 bits per heavy atom. The van der Waals surface area contributed by atoms with E-state index < -0.39 is 5.91 Å². The number of unbranched alkanes of at least 4 members (excludes halogenated alkanes) is 2. The van der Waals surface area contributed by atoms with Crippen molar-refractivity contribution in [3.05, 3.63) is 29.3 Å². The van der Waals surface area contributed by atoms with Crippen LogP contribution in [0.4, 0.5) is 5.69 Å². The molecule has 0 aliphatic carbocycles. The van der Waals surface area contributed by atoms with Gasteiger partial charge in [0.15, 0.2) is 0 Å². The van der Waals surface area contributed by atoms with Gasteiger partial charge in [-0.05, 0) is 24.5 Å². The second-order valence-corrected chi connectivity index (χ2v) is 3.70. The van der Waals surface area contributed by atoms with Crippen molar-refractivity contribution in [2.45, 2.75) is 32.6 Å². The molecule has 15 heavy (non-hydrogen) atoms. The molecule has 1 rings (SSSR count). The molecule has 4 N–H and O–H groups in total. The number of primary amides is 1. The predicted octanol–water partition coefficient (Wildman–Crippen LogP) is 2.10. The second kappa shape index (κ2) is 5.39. The molecule has 82 valence electrons. The summed E-state index contributed by atoms with van der Waals surface area (Å²) in [6.45, 7) is 2.15. The maximum atomic E-state index is 11.2. The highest BCUT2D eigenvalue weighted by Gasteiger charge is 2.10. The number of anilines is 1. The normalized spacial score (nSPS) is 10.2. The van der Waals surface area contributed by atoms with Crippen molar-refractivity contribution in [2.24, 2.45) is 5.73 Å². The summed E-state index contributed by atoms with van der Waals surface area (Å²) in [5.74, 6) is -0.431. The molecule has 1 amide bonds. The number of rotatable bonds is 5. The minimum absolute atomic E-state index is 0.431. The number of carbonyl (C=O) groups is 1. The fourth-order valence-electron chi connectivity index (χ4n) is 1.69. The Balaban J connectivity index is 2.86. The summed E-state index contributed by atoms with van der Waals surface area (Å²) in [7, 11) is 0. The number of amides is 1. The van der Waals surface area contributed by atoms with E-state index in [4.69, 9.17) is 11.5 Å². The Morgan fingerprint density at radius 3 is 2.67 bits per heavy atom. The predicted molar refractivity (Wildman–Crippen MR) is 62.6 cm³/mol. The van der Waals surface area contributed by atoms with Crippen molar-refractivity contribution in [3.63, 3.8) is 0 Å². The molecule has 3 nitrogen and oxygen atoms in total. The number of nitrogen functional groups attached to an aromatic ring is 1. The number of benzene rings is 1. The van der Waals surface area contributed by atoms with Gasteiger partial charge in [-0.1, -0.05) is 31.9 Å². The van der Waals surface area contributed by atoms with E-state index in [0.717, 1.165) is 31.2 Å². The fourth-order valence-corrected chi connectivity index (χ4v) is 1.69. The first-order chi connectivity index (χ1) is 7.16. The molecule has 1 aromatic rings. The molecule has 0 saturated heterocycles. The van der Waals surface area contributed by atoms with Gasteiger partial charge in [-0.15, -0.1) is 0 Å². The van der Waals surface area contributed by atoms with Crippen LogP contribution in [0.5, 0.6) is 0 Å². The van der Waals surface area contributed by atoms with Gasteiger partial charge < -0.3 is 11.5 Å². The summed E-state index contributed by atoms with van der Waals surface area (Å²) in [4.78, 5) is 11.2. The Morgan fingerprint density at radius 2 is 2.07 bits per heavy atom. The minimum atomic E-state index is -0.431. The molecule has 0 heterocycles. The van der Waals surface area contributed by atoms with Gasteiger partial charge in [0.25, 0.3) is 5.91 Å². The van der Waals surface area contributed by atoms with E-state index in [-0.39, 0.29) is 0 Å². The van der Waals surface area contributed by atoms with E-state index in [9.17, 15) is 4.79 Å². The molecular weight excluding hydrogens is 188 g/mol. The van der Waals surface area contributed by atoms with Crippen LogP contribution in [-0.2, 0) is 6.42 Å². The Labute approximate surface area is 90.5 Å². The lowest BCUT2D eigenvalue weighted by atomic mass is 9.99. The van der Waals surface area contributed by atoms with E-state index in [0.29, 0.717) is 11.3 Å². The maximum Gasteiger partial charge on any atom is 0.251 e. The van der Waals surface area contributed by atoms with Gasteiger partial charge in [0.2, 0.25) is 0 Å². The zero-order valence-electron chi connectivity index (χ0n) is 9.12. The summed E-state index contributed by atoms with van der Waals surface area (Å²) >= 11 is 0. The summed E-state index contributed by atoms with van der Waals surface area (Å²) in [6, 6.07) is 5.50. The Hall–Kier alpha value is -1.51. The first-order valence-corrected chi connectivity index (χ1v) is 5.34. The lowest BCUT2D eigenvalue weighted by Gasteiger charge is -2.08. The largest absolute Gasteiger partial charge is 0.398 e. The Bertz CT molecular complexity index is 347. The highest BCUT2D eigenvalue weighted by atomic mass is 16.1. The quantitative estimate of drug-likeness (QED) is 0.572. The molecule has 0 atom stereocenters. The molecule has 0 bridgehead atoms. The number of aryl methyl sites for hydroxylation is 1. The monoisotopic (exact) mass is 206 g/mol. The zero-order valence-corrected chi connectivity index (χ0v) is 9.12. The van der Waals surface area contributed by atoms with Gasteiger partial charge in [0, 0.05) is 5.69 Å². The van der Waals surface area contributed by atoms with Crippen LogP contribution < -0.4 is 11.5 Å². The van der Waals surface area contributed by atoms with Crippen LogP contribution in [0.25, 0.3) is 0 Å². The fraction of sp³-hybridized carbons (Fsp3) is 0.417. The highest BCUT2D eigenvalue weighted by Crippen LogP contribution is 2.18. The topological polar surface area (TPSA) is 69.1 Å². The second-order valence-electron chi connectivity index (χ2n) is 3.70. The van der Waals surface area contributed by atoms with Gasteiger partial charge >= 0.3 is 0 Å². The molecule has 0 fully saturated rings. The van der Waals surface area contributed by atoms with Crippen LogP contribution >= 0.6 is 0 Å². The number of hydrogen-bond donors (Lipinski definition) is 2. The van der Waals surface area contributed by atoms with Crippen molar-refractivity contribution in [1.82, 2.24) is 0 Å². The molecule has 0 radical (unpaired) electrons. The van der Waals surface area contributed by atoms with E-state index in [1.165, 1.54) is 0 Å². The molecule has 0 unspecified atom stereocenters. The van der Waals surface area contributed by atoms with E-state index in [2.05, 4.69) is 6.92 Å². The van der Waals surface area contributed by atoms with Gasteiger partial charge in [-0.25, -0.2) is 0 Å². The molecule has 0 spiro atoms. The summed E-state index contributed by atoms with van der Waals surface area (Å²) in [5.41, 5.74) is 13.0. The third-order valence-corrected chi connectivity index (χ3v) is 2.48. The maximum absolute atomic E-state index is 11.2. The van der Waals surface area contributed by atoms with Gasteiger partial charge in [0.05, 0.1) is 5.56 Å². The van der Waals surface area contributed by atoms with E-state index in [1.54, 1.807) is 6.07 Å².